The molecule has 0 fully saturated rings. The second-order valence-electron chi connectivity index (χ2n) is 4.38. The van der Waals surface area contributed by atoms with Gasteiger partial charge in [0.25, 0.3) is 0 Å². The molecule has 0 bridgehead atoms. The van der Waals surface area contributed by atoms with Crippen LogP contribution in [0.2, 0.25) is 0 Å². The number of benzene rings is 1. The maximum atomic E-state index is 12.4. The number of nitrogen functional groups attached to an aromatic ring is 1. The number of hydrogen-bond donors (Lipinski definition) is 1. The van der Waals surface area contributed by atoms with Crippen molar-refractivity contribution in [1.82, 2.24) is 4.98 Å². The van der Waals surface area contributed by atoms with Crippen molar-refractivity contribution in [2.24, 2.45) is 0 Å². The van der Waals surface area contributed by atoms with Crippen molar-refractivity contribution in [3.8, 4) is 0 Å². The highest BCUT2D eigenvalue weighted by Gasteiger charge is 2.16. The van der Waals surface area contributed by atoms with Gasteiger partial charge in [-0.15, -0.1) is 11.3 Å². The highest BCUT2D eigenvalue weighted by molar-refractivity contribution is 7.12. The van der Waals surface area contributed by atoms with Crippen molar-refractivity contribution in [2.45, 2.75) is 6.92 Å². The third-order valence-electron chi connectivity index (χ3n) is 3.05. The number of hydrogen-bond acceptors (Lipinski definition) is 4. The maximum absolute atomic E-state index is 12.4. The van der Waals surface area contributed by atoms with Crippen LogP contribution in [0.15, 0.2) is 41.8 Å². The Morgan fingerprint density at radius 1 is 1.26 bits per heavy atom. The molecule has 19 heavy (non-hydrogen) atoms. The van der Waals surface area contributed by atoms with Crippen LogP contribution in [0.5, 0.6) is 0 Å². The van der Waals surface area contributed by atoms with Gasteiger partial charge in [0.15, 0.2) is 0 Å². The molecule has 0 spiro atoms. The van der Waals surface area contributed by atoms with Gasteiger partial charge in [-0.3, -0.25) is 4.79 Å². The lowest BCUT2D eigenvalue weighted by atomic mass is 10.1. The summed E-state index contributed by atoms with van der Waals surface area (Å²) >= 11 is 1.43. The minimum atomic E-state index is -0.0649. The predicted octanol–water partition coefficient (Wildman–Crippen LogP) is 3.42. The molecule has 0 radical (unpaired) electrons. The summed E-state index contributed by atoms with van der Waals surface area (Å²) in [5.41, 5.74) is 8.71. The van der Waals surface area contributed by atoms with Crippen molar-refractivity contribution in [3.05, 3.63) is 57.9 Å². The molecule has 2 N–H and O–H groups in total. The van der Waals surface area contributed by atoms with E-state index in [1.165, 1.54) is 11.3 Å². The molecule has 0 saturated heterocycles. The van der Waals surface area contributed by atoms with Gasteiger partial charge in [0.05, 0.1) is 10.4 Å². The third-order valence-corrected chi connectivity index (χ3v) is 4.06. The molecule has 94 valence electrons. The summed E-state index contributed by atoms with van der Waals surface area (Å²) in [6.45, 7) is 1.92. The zero-order chi connectivity index (χ0) is 13.4. The number of carbonyl (C=O) groups is 1. The molecule has 4 heteroatoms. The summed E-state index contributed by atoms with van der Waals surface area (Å²) < 4.78 is 0. The number of para-hydroxylation sites is 1. The van der Waals surface area contributed by atoms with Gasteiger partial charge < -0.3 is 5.73 Å². The van der Waals surface area contributed by atoms with Gasteiger partial charge in [-0.05, 0) is 36.1 Å². The van der Waals surface area contributed by atoms with E-state index in [1.807, 2.05) is 42.6 Å². The second kappa shape index (κ2) is 4.48. The van der Waals surface area contributed by atoms with Crippen molar-refractivity contribution in [1.29, 1.82) is 0 Å². The monoisotopic (exact) mass is 268 g/mol. The minimum absolute atomic E-state index is 0.0649. The van der Waals surface area contributed by atoms with Gasteiger partial charge >= 0.3 is 0 Å². The number of ketones is 1. The Bertz CT molecular complexity index is 777. The molecule has 0 saturated carbocycles. The molecule has 2 heterocycles. The molecule has 0 aliphatic rings. The SMILES string of the molecule is Cc1ccsc1C(=O)c1cc(N)c2ccccc2n1. The molecule has 3 nitrogen and oxygen atoms in total. The van der Waals surface area contributed by atoms with E-state index in [2.05, 4.69) is 4.98 Å². The molecule has 0 aliphatic heterocycles. The first-order valence-corrected chi connectivity index (χ1v) is 6.79. The van der Waals surface area contributed by atoms with Crippen LogP contribution in [0.4, 0.5) is 5.69 Å². The molecule has 0 unspecified atom stereocenters. The van der Waals surface area contributed by atoms with E-state index < -0.39 is 0 Å². The second-order valence-corrected chi connectivity index (χ2v) is 5.29. The van der Waals surface area contributed by atoms with Crippen molar-refractivity contribution >= 4 is 33.7 Å². The number of anilines is 1. The zero-order valence-electron chi connectivity index (χ0n) is 10.4. The fourth-order valence-electron chi connectivity index (χ4n) is 2.04. The first-order valence-electron chi connectivity index (χ1n) is 5.91. The number of pyridine rings is 1. The minimum Gasteiger partial charge on any atom is -0.398 e. The zero-order valence-corrected chi connectivity index (χ0v) is 11.2. The Balaban J connectivity index is 2.16. The number of nitrogens with zero attached hydrogens (tertiary/aromatic N) is 1. The van der Waals surface area contributed by atoms with Crippen molar-refractivity contribution in [2.75, 3.05) is 5.73 Å². The summed E-state index contributed by atoms with van der Waals surface area (Å²) in [4.78, 5) is 17.6. The quantitative estimate of drug-likeness (QED) is 0.724. The number of thiophene rings is 1. The summed E-state index contributed by atoms with van der Waals surface area (Å²) in [5, 5.41) is 2.79. The van der Waals surface area contributed by atoms with E-state index in [4.69, 9.17) is 5.73 Å². The van der Waals surface area contributed by atoms with Crippen LogP contribution >= 0.6 is 11.3 Å². The first-order chi connectivity index (χ1) is 9.16. The number of fused-ring (bicyclic) bond motifs is 1. The summed E-state index contributed by atoms with van der Waals surface area (Å²) in [6.07, 6.45) is 0. The molecule has 0 atom stereocenters. The van der Waals surface area contributed by atoms with Crippen LogP contribution in [0.3, 0.4) is 0 Å². The summed E-state index contributed by atoms with van der Waals surface area (Å²) in [6, 6.07) is 11.2. The Morgan fingerprint density at radius 2 is 2.05 bits per heavy atom. The number of aromatic nitrogens is 1. The van der Waals surface area contributed by atoms with E-state index in [1.54, 1.807) is 6.07 Å². The van der Waals surface area contributed by atoms with Crippen LogP contribution in [0.1, 0.15) is 20.9 Å². The third kappa shape index (κ3) is 2.00. The van der Waals surface area contributed by atoms with E-state index >= 15 is 0 Å². The van der Waals surface area contributed by atoms with Gasteiger partial charge in [0.1, 0.15) is 5.69 Å². The molecule has 0 amide bonds. The molecular formula is C15H12N2OS. The van der Waals surface area contributed by atoms with Gasteiger partial charge in [0, 0.05) is 11.1 Å². The van der Waals surface area contributed by atoms with Crippen LogP contribution in [-0.4, -0.2) is 10.8 Å². The van der Waals surface area contributed by atoms with Gasteiger partial charge in [-0.25, -0.2) is 4.98 Å². The molecule has 3 aromatic rings. The first kappa shape index (κ1) is 11.9. The highest BCUT2D eigenvalue weighted by atomic mass is 32.1. The van der Waals surface area contributed by atoms with Gasteiger partial charge in [-0.1, -0.05) is 18.2 Å². The van der Waals surface area contributed by atoms with Crippen LogP contribution in [-0.2, 0) is 0 Å². The van der Waals surface area contributed by atoms with Gasteiger partial charge in [0.2, 0.25) is 5.78 Å². The Hall–Kier alpha value is -2.20. The molecular weight excluding hydrogens is 256 g/mol. The Morgan fingerprint density at radius 3 is 2.79 bits per heavy atom. The normalized spacial score (nSPS) is 10.8. The maximum Gasteiger partial charge on any atom is 0.221 e. The molecule has 0 aliphatic carbocycles. The standard InChI is InChI=1S/C15H12N2OS/c1-9-6-7-19-15(9)14(18)13-8-11(16)10-4-2-3-5-12(10)17-13/h2-8H,1H3,(H2,16,17). The van der Waals surface area contributed by atoms with Crippen molar-refractivity contribution < 1.29 is 4.79 Å². The lowest BCUT2D eigenvalue weighted by Gasteiger charge is -2.05. The van der Waals surface area contributed by atoms with E-state index in [-0.39, 0.29) is 5.78 Å². The number of aryl methyl sites for hydroxylation is 1. The summed E-state index contributed by atoms with van der Waals surface area (Å²) in [7, 11) is 0. The van der Waals surface area contributed by atoms with Crippen LogP contribution in [0, 0.1) is 6.92 Å². The number of carbonyl (C=O) groups excluding carboxylic acids is 1. The fraction of sp³-hybridized carbons (Fsp3) is 0.0667. The average Bonchev–Trinajstić information content (AvgIpc) is 2.84. The van der Waals surface area contributed by atoms with Gasteiger partial charge in [-0.2, -0.15) is 0 Å². The molecule has 3 rings (SSSR count). The number of rotatable bonds is 2. The average molecular weight is 268 g/mol. The van der Waals surface area contributed by atoms with Crippen LogP contribution in [0.25, 0.3) is 10.9 Å². The molecule has 2 aromatic heterocycles. The van der Waals surface area contributed by atoms with Crippen molar-refractivity contribution in [3.63, 3.8) is 0 Å². The summed E-state index contributed by atoms with van der Waals surface area (Å²) in [5.74, 6) is -0.0649. The predicted molar refractivity (Wildman–Crippen MR) is 78.6 cm³/mol. The number of nitrogens with two attached hydrogens (primary N) is 1. The molecule has 1 aromatic carbocycles. The Labute approximate surface area is 114 Å². The van der Waals surface area contributed by atoms with Crippen LogP contribution < -0.4 is 5.73 Å². The highest BCUT2D eigenvalue weighted by Crippen LogP contribution is 2.24. The lowest BCUT2D eigenvalue weighted by Crippen LogP contribution is -2.05. The van der Waals surface area contributed by atoms with E-state index in [0.29, 0.717) is 11.4 Å². The fourth-order valence-corrected chi connectivity index (χ4v) is 2.91. The topological polar surface area (TPSA) is 56.0 Å². The van der Waals surface area contributed by atoms with E-state index in [0.717, 1.165) is 21.3 Å². The Kier molecular flexibility index (Phi) is 2.80. The smallest absolute Gasteiger partial charge is 0.221 e. The van der Waals surface area contributed by atoms with E-state index in [9.17, 15) is 4.79 Å². The lowest BCUT2D eigenvalue weighted by molar-refractivity contribution is 0.103. The largest absolute Gasteiger partial charge is 0.398 e.